The van der Waals surface area contributed by atoms with Gasteiger partial charge in [-0.05, 0) is 19.4 Å². The lowest BCUT2D eigenvalue weighted by Crippen LogP contribution is -2.47. The Morgan fingerprint density at radius 3 is 2.65 bits per heavy atom. The summed E-state index contributed by atoms with van der Waals surface area (Å²) in [5.74, 6) is 1.32. The largest absolute Gasteiger partial charge is 0.395 e. The van der Waals surface area contributed by atoms with Gasteiger partial charge in [0.25, 0.3) is 0 Å². The maximum Gasteiger partial charge on any atom is 0.244 e. The van der Waals surface area contributed by atoms with Gasteiger partial charge in [-0.15, -0.1) is 0 Å². The van der Waals surface area contributed by atoms with Crippen LogP contribution in [0.3, 0.4) is 0 Å². The van der Waals surface area contributed by atoms with Crippen molar-refractivity contribution in [3.63, 3.8) is 0 Å². The van der Waals surface area contributed by atoms with Crippen LogP contribution in [0.4, 0.5) is 0 Å². The van der Waals surface area contributed by atoms with Crippen molar-refractivity contribution in [1.29, 1.82) is 0 Å². The van der Waals surface area contributed by atoms with Gasteiger partial charge in [-0.25, -0.2) is 0 Å². The van der Waals surface area contributed by atoms with Crippen molar-refractivity contribution in [3.8, 4) is 11.4 Å². The van der Waals surface area contributed by atoms with Crippen LogP contribution in [0, 0.1) is 6.92 Å². The van der Waals surface area contributed by atoms with Gasteiger partial charge in [-0.3, -0.25) is 9.80 Å². The first-order valence-corrected chi connectivity index (χ1v) is 8.16. The molecule has 0 aliphatic carbocycles. The topological polar surface area (TPSA) is 65.6 Å². The first-order valence-electron chi connectivity index (χ1n) is 8.16. The standard InChI is InChI=1S/C17H24N4O2/c1-13-5-3-4-6-15(13)16-18-17(23-19-16)14(2)21-9-7-20(8-10-21)11-12-22/h3-6,14,22H,7-12H2,1-2H3. The van der Waals surface area contributed by atoms with Crippen LogP contribution in [0.5, 0.6) is 0 Å². The van der Waals surface area contributed by atoms with Gasteiger partial charge in [0, 0.05) is 38.3 Å². The van der Waals surface area contributed by atoms with Gasteiger partial charge >= 0.3 is 0 Å². The smallest absolute Gasteiger partial charge is 0.244 e. The minimum atomic E-state index is 0.108. The molecule has 1 aliphatic rings. The second-order valence-corrected chi connectivity index (χ2v) is 6.05. The molecular formula is C17H24N4O2. The van der Waals surface area contributed by atoms with E-state index in [1.165, 1.54) is 0 Å². The van der Waals surface area contributed by atoms with Crippen molar-refractivity contribution in [2.75, 3.05) is 39.3 Å². The third-order valence-electron chi connectivity index (χ3n) is 4.56. The van der Waals surface area contributed by atoms with Gasteiger partial charge in [-0.2, -0.15) is 4.98 Å². The molecule has 0 radical (unpaired) electrons. The number of piperazine rings is 1. The highest BCUT2D eigenvalue weighted by Gasteiger charge is 2.25. The van der Waals surface area contributed by atoms with Crippen LogP contribution < -0.4 is 0 Å². The molecule has 0 saturated carbocycles. The lowest BCUT2D eigenvalue weighted by molar-refractivity contribution is 0.0776. The monoisotopic (exact) mass is 316 g/mol. The van der Waals surface area contributed by atoms with Crippen molar-refractivity contribution in [1.82, 2.24) is 19.9 Å². The quantitative estimate of drug-likeness (QED) is 0.906. The molecule has 1 aliphatic heterocycles. The number of aromatic nitrogens is 2. The molecule has 2 heterocycles. The van der Waals surface area contributed by atoms with E-state index in [1.807, 2.05) is 18.2 Å². The Balaban J connectivity index is 1.67. The van der Waals surface area contributed by atoms with Gasteiger partial charge in [0.05, 0.1) is 12.6 Å². The molecule has 1 atom stereocenters. The average molecular weight is 316 g/mol. The molecule has 1 N–H and O–H groups in total. The Morgan fingerprint density at radius 2 is 1.96 bits per heavy atom. The fraction of sp³-hybridized carbons (Fsp3) is 0.529. The molecule has 23 heavy (non-hydrogen) atoms. The summed E-state index contributed by atoms with van der Waals surface area (Å²) >= 11 is 0. The highest BCUT2D eigenvalue weighted by Crippen LogP contribution is 2.25. The van der Waals surface area contributed by atoms with Gasteiger partial charge < -0.3 is 9.63 Å². The minimum absolute atomic E-state index is 0.108. The van der Waals surface area contributed by atoms with Crippen molar-refractivity contribution < 1.29 is 9.63 Å². The molecule has 0 bridgehead atoms. The number of aliphatic hydroxyl groups excluding tert-OH is 1. The average Bonchev–Trinajstić information content (AvgIpc) is 3.05. The number of hydrogen-bond acceptors (Lipinski definition) is 6. The van der Waals surface area contributed by atoms with Crippen LogP contribution in [0.25, 0.3) is 11.4 Å². The fourth-order valence-corrected chi connectivity index (χ4v) is 3.01. The van der Waals surface area contributed by atoms with Crippen LogP contribution in [-0.2, 0) is 0 Å². The Kier molecular flexibility index (Phi) is 5.05. The molecule has 3 rings (SSSR count). The summed E-state index contributed by atoms with van der Waals surface area (Å²) in [6, 6.07) is 8.17. The summed E-state index contributed by atoms with van der Waals surface area (Å²) in [4.78, 5) is 9.22. The number of aliphatic hydroxyl groups is 1. The van der Waals surface area contributed by atoms with E-state index in [9.17, 15) is 0 Å². The normalized spacial score (nSPS) is 18.2. The molecule has 6 heteroatoms. The summed E-state index contributed by atoms with van der Waals surface area (Å²) in [6.45, 7) is 8.95. The summed E-state index contributed by atoms with van der Waals surface area (Å²) < 4.78 is 5.51. The first kappa shape index (κ1) is 16.1. The highest BCUT2D eigenvalue weighted by molar-refractivity contribution is 5.58. The second kappa shape index (κ2) is 7.21. The third-order valence-corrected chi connectivity index (χ3v) is 4.56. The SMILES string of the molecule is Cc1ccccc1-c1noc(C(C)N2CCN(CCO)CC2)n1. The zero-order valence-electron chi connectivity index (χ0n) is 13.8. The van der Waals surface area contributed by atoms with Gasteiger partial charge in [0.15, 0.2) is 0 Å². The van der Waals surface area contributed by atoms with E-state index in [0.717, 1.165) is 43.9 Å². The Morgan fingerprint density at radius 1 is 1.22 bits per heavy atom. The van der Waals surface area contributed by atoms with E-state index in [0.29, 0.717) is 11.7 Å². The first-order chi connectivity index (χ1) is 11.2. The summed E-state index contributed by atoms with van der Waals surface area (Å²) in [6.07, 6.45) is 0. The van der Waals surface area contributed by atoms with Crippen molar-refractivity contribution in [3.05, 3.63) is 35.7 Å². The minimum Gasteiger partial charge on any atom is -0.395 e. The molecule has 2 aromatic rings. The number of hydrogen-bond donors (Lipinski definition) is 1. The maximum absolute atomic E-state index is 9.02. The number of benzene rings is 1. The Hall–Kier alpha value is -1.76. The van der Waals surface area contributed by atoms with Gasteiger partial charge in [0.2, 0.25) is 11.7 Å². The molecule has 1 aromatic carbocycles. The van der Waals surface area contributed by atoms with E-state index < -0.39 is 0 Å². The molecule has 1 aromatic heterocycles. The molecule has 1 unspecified atom stereocenters. The molecule has 0 spiro atoms. The summed E-state index contributed by atoms with van der Waals surface area (Å²) in [7, 11) is 0. The zero-order valence-corrected chi connectivity index (χ0v) is 13.8. The van der Waals surface area contributed by atoms with E-state index in [2.05, 4.69) is 39.9 Å². The predicted octanol–water partition coefficient (Wildman–Crippen LogP) is 1.72. The Bertz CT molecular complexity index is 635. The van der Waals surface area contributed by atoms with Crippen LogP contribution >= 0.6 is 0 Å². The number of β-amino-alcohol motifs (C(OH)–C–C–N with tert-alkyl or cyclic N) is 1. The third kappa shape index (κ3) is 3.60. The van der Waals surface area contributed by atoms with Gasteiger partial charge in [0.1, 0.15) is 0 Å². The van der Waals surface area contributed by atoms with E-state index in [-0.39, 0.29) is 12.6 Å². The highest BCUT2D eigenvalue weighted by atomic mass is 16.5. The van der Waals surface area contributed by atoms with E-state index >= 15 is 0 Å². The molecular weight excluding hydrogens is 292 g/mol. The molecule has 1 fully saturated rings. The van der Waals surface area contributed by atoms with Crippen LogP contribution in [-0.4, -0.2) is 64.4 Å². The van der Waals surface area contributed by atoms with Crippen molar-refractivity contribution >= 4 is 0 Å². The molecule has 1 saturated heterocycles. The summed E-state index contributed by atoms with van der Waals surface area (Å²) in [5, 5.41) is 13.2. The second-order valence-electron chi connectivity index (χ2n) is 6.05. The van der Waals surface area contributed by atoms with Crippen LogP contribution in [0.15, 0.2) is 28.8 Å². The van der Waals surface area contributed by atoms with Crippen LogP contribution in [0.1, 0.15) is 24.4 Å². The van der Waals surface area contributed by atoms with E-state index in [4.69, 9.17) is 9.63 Å². The number of aryl methyl sites for hydroxylation is 1. The number of nitrogens with zero attached hydrogens (tertiary/aromatic N) is 4. The fourth-order valence-electron chi connectivity index (χ4n) is 3.01. The van der Waals surface area contributed by atoms with E-state index in [1.54, 1.807) is 0 Å². The lowest BCUT2D eigenvalue weighted by atomic mass is 10.1. The lowest BCUT2D eigenvalue weighted by Gasteiger charge is -2.36. The van der Waals surface area contributed by atoms with Crippen molar-refractivity contribution in [2.24, 2.45) is 0 Å². The maximum atomic E-state index is 9.02. The zero-order chi connectivity index (χ0) is 16.2. The Labute approximate surface area is 136 Å². The molecule has 0 amide bonds. The molecule has 124 valence electrons. The predicted molar refractivity (Wildman–Crippen MR) is 88.0 cm³/mol. The van der Waals surface area contributed by atoms with Gasteiger partial charge in [-0.1, -0.05) is 29.4 Å². The van der Waals surface area contributed by atoms with Crippen molar-refractivity contribution in [2.45, 2.75) is 19.9 Å². The number of rotatable bonds is 5. The summed E-state index contributed by atoms with van der Waals surface area (Å²) in [5.41, 5.74) is 2.16. The van der Waals surface area contributed by atoms with Crippen LogP contribution in [0.2, 0.25) is 0 Å². The molecule has 6 nitrogen and oxygen atoms in total.